The number of phenolic OH excluding ortho intramolecular Hbond substituents is 1. The van der Waals surface area contributed by atoms with Gasteiger partial charge in [0, 0.05) is 44.2 Å². The predicted molar refractivity (Wildman–Crippen MR) is 212 cm³/mol. The summed E-state index contributed by atoms with van der Waals surface area (Å²) in [6.45, 7) is 4.12. The molecular weight excluding hydrogens is 793 g/mol. The number of thiophene rings is 2. The number of piperidine rings is 1. The van der Waals surface area contributed by atoms with Crippen LogP contribution in [0.4, 0.5) is 0 Å². The summed E-state index contributed by atoms with van der Waals surface area (Å²) in [5.41, 5.74) is 4.59. The molecular formula is C39H41BrN6O6S2. The number of aliphatic hydroxyl groups excluding tert-OH is 1. The molecule has 0 amide bonds. The van der Waals surface area contributed by atoms with Crippen LogP contribution in [-0.4, -0.2) is 78.4 Å². The van der Waals surface area contributed by atoms with Gasteiger partial charge in [-0.25, -0.2) is 9.48 Å². The fraction of sp³-hybridized carbons (Fsp3) is 0.385. The molecule has 5 N–H and O–H groups in total. The number of aromatic nitrogens is 4. The van der Waals surface area contributed by atoms with Gasteiger partial charge in [-0.05, 0) is 125 Å². The molecule has 0 spiro atoms. The molecule has 2 aliphatic rings. The number of hydrogen-bond acceptors (Lipinski definition) is 12. The van der Waals surface area contributed by atoms with Crippen molar-refractivity contribution in [2.24, 2.45) is 0 Å². The number of ether oxygens (including phenoxy) is 1. The number of nitrogens with zero attached hydrogens (tertiary/aromatic N) is 4. The summed E-state index contributed by atoms with van der Waals surface area (Å²) in [6.07, 6.45) is 4.27. The number of aliphatic hydroxyl groups is 2. The first kappa shape index (κ1) is 37.0. The molecule has 6 aromatic rings. The molecule has 2 atom stereocenters. The number of halogens is 1. The molecule has 282 valence electrons. The molecule has 0 bridgehead atoms. The van der Waals surface area contributed by atoms with Crippen LogP contribution < -0.4 is 10.9 Å². The highest BCUT2D eigenvalue weighted by Gasteiger charge is 2.45. The number of likely N-dealkylation sites (tertiary alicyclic amines) is 1. The minimum atomic E-state index is -1.82. The molecule has 0 saturated carbocycles. The van der Waals surface area contributed by atoms with Crippen LogP contribution in [0.3, 0.4) is 0 Å². The summed E-state index contributed by atoms with van der Waals surface area (Å²) in [4.78, 5) is 31.4. The number of nitrogens with one attached hydrogen (secondary N) is 2. The van der Waals surface area contributed by atoms with Crippen molar-refractivity contribution in [2.45, 2.75) is 69.4 Å². The number of fused-ring (bicyclic) bond motifs is 4. The van der Waals surface area contributed by atoms with Crippen LogP contribution in [0.25, 0.3) is 21.9 Å². The second-order valence-corrected chi connectivity index (χ2v) is 17.5. The average Bonchev–Trinajstić information content (AvgIpc) is 4.01. The van der Waals surface area contributed by atoms with Gasteiger partial charge in [0.1, 0.15) is 17.4 Å². The molecule has 1 saturated heterocycles. The number of carbonyl (C=O) groups is 1. The van der Waals surface area contributed by atoms with Crippen molar-refractivity contribution in [3.05, 3.63) is 106 Å². The third kappa shape index (κ3) is 7.26. The number of hydrogen-bond donors (Lipinski definition) is 5. The zero-order valence-corrected chi connectivity index (χ0v) is 32.7. The van der Waals surface area contributed by atoms with E-state index in [-0.39, 0.29) is 17.4 Å². The Bertz CT molecular complexity index is 2350. The summed E-state index contributed by atoms with van der Waals surface area (Å²) >= 11 is 6.12. The minimum Gasteiger partial charge on any atom is -0.506 e. The van der Waals surface area contributed by atoms with Crippen LogP contribution >= 0.6 is 38.6 Å². The lowest BCUT2D eigenvalue weighted by atomic mass is 9.99. The van der Waals surface area contributed by atoms with Crippen LogP contribution in [0.15, 0.2) is 68.6 Å². The van der Waals surface area contributed by atoms with Crippen LogP contribution in [0.2, 0.25) is 0 Å². The van der Waals surface area contributed by atoms with Gasteiger partial charge in [-0.3, -0.25) is 4.79 Å². The highest BCUT2D eigenvalue weighted by atomic mass is 79.9. The second-order valence-electron chi connectivity index (χ2n) is 14.0. The number of aromatic hydroxyl groups is 1. The molecule has 8 rings (SSSR count). The lowest BCUT2D eigenvalue weighted by Crippen LogP contribution is -2.43. The molecule has 1 aliphatic carbocycles. The lowest BCUT2D eigenvalue weighted by Gasteiger charge is -2.33. The van der Waals surface area contributed by atoms with Gasteiger partial charge in [0.2, 0.25) is 11.2 Å². The number of carbonyl (C=O) groups excluding carboxylic acids is 1. The number of aromatic amines is 1. The number of pyridine rings is 1. The molecule has 2 aromatic carbocycles. The fourth-order valence-corrected chi connectivity index (χ4v) is 10.3. The highest BCUT2D eigenvalue weighted by molar-refractivity contribution is 9.11. The van der Waals surface area contributed by atoms with Crippen molar-refractivity contribution in [3.8, 4) is 5.75 Å². The van der Waals surface area contributed by atoms with E-state index in [0.29, 0.717) is 52.2 Å². The number of aryl methyl sites for hydroxylation is 2. The SMILES string of the molecule is O=C(OC1CCN(CCCn2nnc3cc(CNC[C@H](O)c4ccc(O)c5[nH]c(=O)ccc45)c4c(c32)CCC4)CC1)[C@@](O)(c1cccs1)c1ccc(Br)s1. The molecule has 1 fully saturated rings. The highest BCUT2D eigenvalue weighted by Crippen LogP contribution is 2.40. The summed E-state index contributed by atoms with van der Waals surface area (Å²) in [5, 5.41) is 47.9. The maximum Gasteiger partial charge on any atom is 0.349 e. The summed E-state index contributed by atoms with van der Waals surface area (Å²) in [7, 11) is 0. The van der Waals surface area contributed by atoms with Crippen LogP contribution in [-0.2, 0) is 41.1 Å². The van der Waals surface area contributed by atoms with Crippen molar-refractivity contribution in [1.29, 1.82) is 0 Å². The molecule has 12 nitrogen and oxygen atoms in total. The Morgan fingerprint density at radius 1 is 1.09 bits per heavy atom. The quantitative estimate of drug-likeness (QED) is 0.0938. The largest absolute Gasteiger partial charge is 0.506 e. The Hall–Kier alpha value is -3.96. The van der Waals surface area contributed by atoms with E-state index in [2.05, 4.69) is 47.5 Å². The number of benzene rings is 2. The molecule has 0 unspecified atom stereocenters. The minimum absolute atomic E-state index is 0.0344. The zero-order valence-electron chi connectivity index (χ0n) is 29.5. The number of phenols is 1. The summed E-state index contributed by atoms with van der Waals surface area (Å²) in [5.74, 6) is -0.657. The normalized spacial score (nSPS) is 16.9. The Kier molecular flexibility index (Phi) is 10.7. The van der Waals surface area contributed by atoms with E-state index >= 15 is 0 Å². The monoisotopic (exact) mass is 832 g/mol. The van der Waals surface area contributed by atoms with Gasteiger partial charge in [-0.2, -0.15) is 0 Å². The van der Waals surface area contributed by atoms with Gasteiger partial charge < -0.3 is 35.3 Å². The Morgan fingerprint density at radius 3 is 2.70 bits per heavy atom. The van der Waals surface area contributed by atoms with Crippen LogP contribution in [0.5, 0.6) is 5.75 Å². The number of rotatable bonds is 13. The van der Waals surface area contributed by atoms with Gasteiger partial charge in [-0.15, -0.1) is 27.8 Å². The van der Waals surface area contributed by atoms with Gasteiger partial charge in [-0.1, -0.05) is 17.3 Å². The van der Waals surface area contributed by atoms with Crippen molar-refractivity contribution in [2.75, 3.05) is 26.2 Å². The Morgan fingerprint density at radius 2 is 1.93 bits per heavy atom. The first-order valence-corrected chi connectivity index (χ1v) is 20.7. The molecule has 1 aliphatic heterocycles. The Labute approximate surface area is 327 Å². The van der Waals surface area contributed by atoms with E-state index in [1.54, 1.807) is 24.3 Å². The van der Waals surface area contributed by atoms with E-state index in [9.17, 15) is 24.9 Å². The molecule has 15 heteroatoms. The van der Waals surface area contributed by atoms with Gasteiger partial charge >= 0.3 is 5.97 Å². The summed E-state index contributed by atoms with van der Waals surface area (Å²) in [6, 6.07) is 15.5. The molecule has 0 radical (unpaired) electrons. The summed E-state index contributed by atoms with van der Waals surface area (Å²) < 4.78 is 8.84. The average molecular weight is 834 g/mol. The fourth-order valence-electron chi connectivity index (χ4n) is 7.91. The predicted octanol–water partition coefficient (Wildman–Crippen LogP) is 5.51. The van der Waals surface area contributed by atoms with E-state index in [1.165, 1.54) is 45.9 Å². The van der Waals surface area contributed by atoms with Gasteiger partial charge in [0.05, 0.1) is 30.7 Å². The van der Waals surface area contributed by atoms with Crippen molar-refractivity contribution in [3.63, 3.8) is 0 Å². The standard InChI is InChI=1S/C39H41BrN6O6S2/c40-34-11-10-33(54-34)39(51,32-6-2-19-53-32)38(50)52-24-13-17-45(18-14-24)15-3-16-46-37-28-5-1-4-25(28)23(20-29(37)43-44-46)21-41-22-31(48)26-7-9-30(47)36-27(26)8-12-35(49)42-36/h2,6-12,19-20,24,31,41,47-48,51H,1,3-5,13-18,21-22H2,(H,42,49)/t31-,39+/m0/s1. The molecule has 4 aromatic heterocycles. The first-order chi connectivity index (χ1) is 26.2. The Balaban J connectivity index is 0.852. The smallest absolute Gasteiger partial charge is 0.349 e. The maximum atomic E-state index is 13.5. The molecule has 5 heterocycles. The van der Waals surface area contributed by atoms with Crippen LogP contribution in [0, 0.1) is 0 Å². The lowest BCUT2D eigenvalue weighted by molar-refractivity contribution is -0.169. The van der Waals surface area contributed by atoms with Gasteiger partial charge in [0.25, 0.3) is 0 Å². The number of H-pyrrole nitrogens is 1. The third-order valence-corrected chi connectivity index (χ3v) is 13.3. The van der Waals surface area contributed by atoms with E-state index < -0.39 is 17.7 Å². The topological polar surface area (TPSA) is 166 Å². The van der Waals surface area contributed by atoms with Crippen molar-refractivity contribution >= 4 is 66.5 Å². The van der Waals surface area contributed by atoms with E-state index in [4.69, 9.17) is 4.74 Å². The van der Waals surface area contributed by atoms with E-state index in [1.807, 2.05) is 22.2 Å². The van der Waals surface area contributed by atoms with E-state index in [0.717, 1.165) is 72.2 Å². The van der Waals surface area contributed by atoms with Crippen molar-refractivity contribution < 1.29 is 24.9 Å². The maximum absolute atomic E-state index is 13.5. The second kappa shape index (κ2) is 15.6. The first-order valence-electron chi connectivity index (χ1n) is 18.2. The third-order valence-electron chi connectivity index (χ3n) is 10.6. The van der Waals surface area contributed by atoms with Crippen LogP contribution in [0.1, 0.15) is 63.8 Å². The molecule has 54 heavy (non-hydrogen) atoms. The zero-order chi connectivity index (χ0) is 37.4. The van der Waals surface area contributed by atoms with Crippen molar-refractivity contribution in [1.82, 2.24) is 30.2 Å². The van der Waals surface area contributed by atoms with Gasteiger partial charge in [0.15, 0.2) is 0 Å². The number of esters is 1.